The van der Waals surface area contributed by atoms with Crippen LogP contribution in [-0.4, -0.2) is 16.3 Å². The summed E-state index contributed by atoms with van der Waals surface area (Å²) in [5.74, 6) is -2.04. The molecule has 0 aliphatic carbocycles. The second-order valence-corrected chi connectivity index (χ2v) is 7.41. The van der Waals surface area contributed by atoms with Gasteiger partial charge in [0.2, 0.25) is 11.3 Å². The lowest BCUT2D eigenvalue weighted by Crippen LogP contribution is -2.24. The van der Waals surface area contributed by atoms with E-state index < -0.39 is 28.8 Å². The van der Waals surface area contributed by atoms with Gasteiger partial charge >= 0.3 is 0 Å². The first kappa shape index (κ1) is 21.1. The summed E-state index contributed by atoms with van der Waals surface area (Å²) in [6, 6.07) is 15.6. The average molecular weight is 432 g/mol. The zero-order valence-corrected chi connectivity index (χ0v) is 17.1. The highest BCUT2D eigenvalue weighted by Crippen LogP contribution is 2.17. The number of ketones is 1. The third kappa shape index (κ3) is 4.32. The Labute approximate surface area is 181 Å². The Morgan fingerprint density at radius 3 is 2.25 bits per heavy atom. The standard InChI is InChI=1S/C25H18F2N2O3/c1-15-2-4-16(5-3-15)24(31)21-13-29(22-11-8-18(27)12-20(22)25(21)32)14-23(30)28-19-9-6-17(26)7-10-19/h2-13H,14H2,1H3,(H,28,30). The van der Waals surface area contributed by atoms with Gasteiger partial charge in [-0.15, -0.1) is 0 Å². The molecular weight excluding hydrogens is 414 g/mol. The van der Waals surface area contributed by atoms with Crippen LogP contribution in [0.25, 0.3) is 10.9 Å². The number of nitrogens with one attached hydrogen (secondary N) is 1. The molecule has 0 aliphatic heterocycles. The molecule has 4 rings (SSSR count). The van der Waals surface area contributed by atoms with E-state index in [1.54, 1.807) is 24.3 Å². The van der Waals surface area contributed by atoms with Gasteiger partial charge in [0.05, 0.1) is 11.1 Å². The largest absolute Gasteiger partial charge is 0.337 e. The second kappa shape index (κ2) is 8.55. The van der Waals surface area contributed by atoms with E-state index in [1.165, 1.54) is 47.2 Å². The maximum Gasteiger partial charge on any atom is 0.244 e. The van der Waals surface area contributed by atoms with E-state index in [9.17, 15) is 23.2 Å². The van der Waals surface area contributed by atoms with Gasteiger partial charge in [-0.05, 0) is 49.4 Å². The Hall–Kier alpha value is -4.13. The summed E-state index contributed by atoms with van der Waals surface area (Å²) in [4.78, 5) is 38.6. The second-order valence-electron chi connectivity index (χ2n) is 7.41. The van der Waals surface area contributed by atoms with Gasteiger partial charge in [-0.1, -0.05) is 29.8 Å². The molecule has 0 fully saturated rings. The topological polar surface area (TPSA) is 68.2 Å². The van der Waals surface area contributed by atoms with Gasteiger partial charge in [0.1, 0.15) is 18.2 Å². The van der Waals surface area contributed by atoms with Crippen LogP contribution < -0.4 is 10.7 Å². The molecular formula is C25H18F2N2O3. The number of halogens is 2. The number of rotatable bonds is 5. The number of aromatic nitrogens is 1. The molecule has 0 atom stereocenters. The SMILES string of the molecule is Cc1ccc(C(=O)c2cn(CC(=O)Nc3ccc(F)cc3)c3ccc(F)cc3c2=O)cc1. The Morgan fingerprint density at radius 2 is 1.56 bits per heavy atom. The number of carbonyl (C=O) groups is 2. The van der Waals surface area contributed by atoms with Crippen molar-refractivity contribution in [2.75, 3.05) is 5.32 Å². The Morgan fingerprint density at radius 1 is 0.906 bits per heavy atom. The molecule has 0 radical (unpaired) electrons. The molecule has 1 heterocycles. The molecule has 0 saturated heterocycles. The van der Waals surface area contributed by atoms with Gasteiger partial charge in [-0.3, -0.25) is 14.4 Å². The molecule has 7 heteroatoms. The molecule has 5 nitrogen and oxygen atoms in total. The molecule has 0 aliphatic rings. The van der Waals surface area contributed by atoms with Crippen molar-refractivity contribution in [2.45, 2.75) is 13.5 Å². The van der Waals surface area contributed by atoms with Gasteiger partial charge in [-0.25, -0.2) is 8.78 Å². The zero-order valence-electron chi connectivity index (χ0n) is 17.1. The molecule has 1 aromatic heterocycles. The number of hydrogen-bond donors (Lipinski definition) is 1. The molecule has 1 N–H and O–H groups in total. The van der Waals surface area contributed by atoms with Crippen molar-refractivity contribution >= 4 is 28.3 Å². The lowest BCUT2D eigenvalue weighted by molar-refractivity contribution is -0.116. The van der Waals surface area contributed by atoms with E-state index in [2.05, 4.69) is 5.32 Å². The van der Waals surface area contributed by atoms with E-state index in [-0.39, 0.29) is 17.5 Å². The van der Waals surface area contributed by atoms with E-state index in [1.807, 2.05) is 6.92 Å². The third-order valence-electron chi connectivity index (χ3n) is 5.04. The van der Waals surface area contributed by atoms with Crippen molar-refractivity contribution in [1.82, 2.24) is 4.57 Å². The summed E-state index contributed by atoms with van der Waals surface area (Å²) < 4.78 is 28.4. The summed E-state index contributed by atoms with van der Waals surface area (Å²) in [7, 11) is 0. The molecule has 1 amide bonds. The number of benzene rings is 3. The summed E-state index contributed by atoms with van der Waals surface area (Å²) in [5.41, 5.74) is 1.19. The summed E-state index contributed by atoms with van der Waals surface area (Å²) in [5, 5.41) is 2.63. The lowest BCUT2D eigenvalue weighted by atomic mass is 10.0. The van der Waals surface area contributed by atoms with Crippen molar-refractivity contribution in [3.63, 3.8) is 0 Å². The van der Waals surface area contributed by atoms with Crippen LogP contribution >= 0.6 is 0 Å². The number of hydrogen-bond acceptors (Lipinski definition) is 3. The fourth-order valence-electron chi connectivity index (χ4n) is 3.41. The average Bonchev–Trinajstić information content (AvgIpc) is 2.77. The highest BCUT2D eigenvalue weighted by molar-refractivity contribution is 6.10. The maximum atomic E-state index is 13.9. The number of carbonyl (C=O) groups excluding carboxylic acids is 2. The minimum absolute atomic E-state index is 0.00227. The molecule has 160 valence electrons. The van der Waals surface area contributed by atoms with Crippen LogP contribution in [-0.2, 0) is 11.3 Å². The van der Waals surface area contributed by atoms with E-state index in [0.29, 0.717) is 16.8 Å². The number of amides is 1. The normalized spacial score (nSPS) is 10.8. The molecule has 0 saturated carbocycles. The van der Waals surface area contributed by atoms with Crippen molar-refractivity contribution in [3.8, 4) is 0 Å². The Kier molecular flexibility index (Phi) is 5.64. The molecule has 0 unspecified atom stereocenters. The monoisotopic (exact) mass is 432 g/mol. The molecule has 32 heavy (non-hydrogen) atoms. The lowest BCUT2D eigenvalue weighted by Gasteiger charge is -2.14. The fourth-order valence-corrected chi connectivity index (χ4v) is 3.41. The number of fused-ring (bicyclic) bond motifs is 1. The molecule has 0 bridgehead atoms. The first-order valence-electron chi connectivity index (χ1n) is 9.81. The zero-order chi connectivity index (χ0) is 22.8. The fraction of sp³-hybridized carbons (Fsp3) is 0.0800. The summed E-state index contributed by atoms with van der Waals surface area (Å²) in [6.45, 7) is 1.63. The van der Waals surface area contributed by atoms with Crippen LogP contribution in [0.15, 0.2) is 77.7 Å². The van der Waals surface area contributed by atoms with Gasteiger partial charge in [0.15, 0.2) is 5.78 Å². The van der Waals surface area contributed by atoms with Crippen molar-refractivity contribution in [3.05, 3.63) is 111 Å². The van der Waals surface area contributed by atoms with E-state index in [0.717, 1.165) is 11.6 Å². The highest BCUT2D eigenvalue weighted by Gasteiger charge is 2.18. The van der Waals surface area contributed by atoms with Crippen molar-refractivity contribution < 1.29 is 18.4 Å². The molecule has 0 spiro atoms. The van der Waals surface area contributed by atoms with E-state index in [4.69, 9.17) is 0 Å². The molecule has 3 aromatic carbocycles. The minimum Gasteiger partial charge on any atom is -0.337 e. The smallest absolute Gasteiger partial charge is 0.244 e. The number of nitrogens with zero attached hydrogens (tertiary/aromatic N) is 1. The van der Waals surface area contributed by atoms with Gasteiger partial charge in [-0.2, -0.15) is 0 Å². The van der Waals surface area contributed by atoms with Crippen LogP contribution in [0, 0.1) is 18.6 Å². The number of pyridine rings is 1. The van der Waals surface area contributed by atoms with Gasteiger partial charge in [0, 0.05) is 22.8 Å². The maximum absolute atomic E-state index is 13.9. The van der Waals surface area contributed by atoms with Gasteiger partial charge in [0.25, 0.3) is 0 Å². The van der Waals surface area contributed by atoms with Crippen LogP contribution in [0.2, 0.25) is 0 Å². The minimum atomic E-state index is -0.628. The van der Waals surface area contributed by atoms with Crippen LogP contribution in [0.3, 0.4) is 0 Å². The first-order valence-corrected chi connectivity index (χ1v) is 9.81. The summed E-state index contributed by atoms with van der Waals surface area (Å²) in [6.07, 6.45) is 1.31. The Bertz CT molecular complexity index is 1390. The molecule has 4 aromatic rings. The van der Waals surface area contributed by atoms with Crippen LogP contribution in [0.4, 0.5) is 14.5 Å². The third-order valence-corrected chi connectivity index (χ3v) is 5.04. The van der Waals surface area contributed by atoms with Gasteiger partial charge < -0.3 is 9.88 Å². The van der Waals surface area contributed by atoms with Crippen molar-refractivity contribution in [2.24, 2.45) is 0 Å². The number of aryl methyl sites for hydroxylation is 1. The quantitative estimate of drug-likeness (QED) is 0.474. The van der Waals surface area contributed by atoms with Crippen LogP contribution in [0.1, 0.15) is 21.5 Å². The van der Waals surface area contributed by atoms with Crippen LogP contribution in [0.5, 0.6) is 0 Å². The van der Waals surface area contributed by atoms with E-state index >= 15 is 0 Å². The number of anilines is 1. The summed E-state index contributed by atoms with van der Waals surface area (Å²) >= 11 is 0. The highest BCUT2D eigenvalue weighted by atomic mass is 19.1. The Balaban J connectivity index is 1.75. The van der Waals surface area contributed by atoms with Crippen molar-refractivity contribution in [1.29, 1.82) is 0 Å². The predicted octanol–water partition coefficient (Wildman–Crippen LogP) is 4.46. The first-order chi connectivity index (χ1) is 15.3. The predicted molar refractivity (Wildman–Crippen MR) is 118 cm³/mol.